The van der Waals surface area contributed by atoms with E-state index in [-0.39, 0.29) is 0 Å². The van der Waals surface area contributed by atoms with Gasteiger partial charge in [0.15, 0.2) is 0 Å². The molecule has 1 N–H and O–H groups in total. The summed E-state index contributed by atoms with van der Waals surface area (Å²) < 4.78 is 25.8. The maximum absolute atomic E-state index is 12.5. The Morgan fingerprint density at radius 2 is 2.25 bits per heavy atom. The summed E-state index contributed by atoms with van der Waals surface area (Å²) in [5.74, 6) is 0.957. The summed E-state index contributed by atoms with van der Waals surface area (Å²) in [5, 5.41) is 3.15. The van der Waals surface area contributed by atoms with Gasteiger partial charge in [0.05, 0.1) is 6.54 Å². The summed E-state index contributed by atoms with van der Waals surface area (Å²) in [6, 6.07) is 0. The van der Waals surface area contributed by atoms with Crippen LogP contribution in [0, 0.1) is 5.92 Å². The molecule has 0 aliphatic heterocycles. The quantitative estimate of drug-likeness (QED) is 0.782. The average molecular weight is 231 g/mol. The SMILES string of the molecule is CCCC(C)CNCc1nccn1C(F)F. The van der Waals surface area contributed by atoms with Gasteiger partial charge >= 0.3 is 6.55 Å². The molecule has 92 valence electrons. The number of nitrogens with zero attached hydrogens (tertiary/aromatic N) is 2. The molecule has 5 heteroatoms. The van der Waals surface area contributed by atoms with Crippen LogP contribution in [0.25, 0.3) is 0 Å². The number of alkyl halides is 2. The fraction of sp³-hybridized carbons (Fsp3) is 0.727. The van der Waals surface area contributed by atoms with E-state index in [1.165, 1.54) is 12.4 Å². The molecule has 1 heterocycles. The number of hydrogen-bond acceptors (Lipinski definition) is 2. The second kappa shape index (κ2) is 6.58. The van der Waals surface area contributed by atoms with Crippen LogP contribution in [0.15, 0.2) is 12.4 Å². The van der Waals surface area contributed by atoms with Crippen LogP contribution in [-0.2, 0) is 6.54 Å². The van der Waals surface area contributed by atoms with Crippen molar-refractivity contribution in [1.29, 1.82) is 0 Å². The van der Waals surface area contributed by atoms with Crippen LogP contribution in [0.2, 0.25) is 0 Å². The Labute approximate surface area is 94.9 Å². The second-order valence-electron chi connectivity index (χ2n) is 4.05. The Morgan fingerprint density at radius 3 is 2.88 bits per heavy atom. The monoisotopic (exact) mass is 231 g/mol. The molecule has 1 atom stereocenters. The highest BCUT2D eigenvalue weighted by molar-refractivity contribution is 4.92. The van der Waals surface area contributed by atoms with Crippen LogP contribution in [0.3, 0.4) is 0 Å². The molecule has 1 aromatic rings. The van der Waals surface area contributed by atoms with Gasteiger partial charge in [0.25, 0.3) is 0 Å². The lowest BCUT2D eigenvalue weighted by atomic mass is 10.1. The molecule has 0 aliphatic carbocycles. The molecule has 0 radical (unpaired) electrons. The lowest BCUT2D eigenvalue weighted by Gasteiger charge is -2.12. The minimum Gasteiger partial charge on any atom is -0.310 e. The predicted octanol–water partition coefficient (Wildman–Crippen LogP) is 2.80. The average Bonchev–Trinajstić information content (AvgIpc) is 2.66. The highest BCUT2D eigenvalue weighted by Gasteiger charge is 2.10. The third-order valence-electron chi connectivity index (χ3n) is 2.52. The van der Waals surface area contributed by atoms with E-state index in [2.05, 4.69) is 24.1 Å². The first-order valence-corrected chi connectivity index (χ1v) is 5.65. The van der Waals surface area contributed by atoms with Gasteiger partial charge in [0.2, 0.25) is 0 Å². The summed E-state index contributed by atoms with van der Waals surface area (Å²) in [4.78, 5) is 3.90. The Hall–Kier alpha value is -0.970. The Morgan fingerprint density at radius 1 is 1.50 bits per heavy atom. The number of rotatable bonds is 7. The van der Waals surface area contributed by atoms with Gasteiger partial charge in [-0.25, -0.2) is 4.98 Å². The van der Waals surface area contributed by atoms with E-state index in [1.807, 2.05) is 0 Å². The van der Waals surface area contributed by atoms with Crippen molar-refractivity contribution < 1.29 is 8.78 Å². The van der Waals surface area contributed by atoms with Gasteiger partial charge in [-0.2, -0.15) is 8.78 Å². The van der Waals surface area contributed by atoms with Gasteiger partial charge in [-0.15, -0.1) is 0 Å². The Bertz CT molecular complexity index is 299. The molecule has 16 heavy (non-hydrogen) atoms. The van der Waals surface area contributed by atoms with E-state index in [4.69, 9.17) is 0 Å². The van der Waals surface area contributed by atoms with Crippen molar-refractivity contribution in [2.24, 2.45) is 5.92 Å². The molecule has 0 fully saturated rings. The topological polar surface area (TPSA) is 29.9 Å². The normalized spacial score (nSPS) is 13.3. The van der Waals surface area contributed by atoms with Crippen molar-refractivity contribution >= 4 is 0 Å². The zero-order chi connectivity index (χ0) is 12.0. The molecule has 0 aliphatic rings. The number of hydrogen-bond donors (Lipinski definition) is 1. The predicted molar refractivity (Wildman–Crippen MR) is 59.3 cm³/mol. The number of halogens is 2. The highest BCUT2D eigenvalue weighted by atomic mass is 19.3. The molecule has 0 saturated heterocycles. The summed E-state index contributed by atoms with van der Waals surface area (Å²) in [6.07, 6.45) is 5.00. The first kappa shape index (κ1) is 13.1. The van der Waals surface area contributed by atoms with Gasteiger partial charge in [0.1, 0.15) is 5.82 Å². The van der Waals surface area contributed by atoms with Crippen LogP contribution < -0.4 is 5.32 Å². The van der Waals surface area contributed by atoms with Crippen LogP contribution in [0.4, 0.5) is 8.78 Å². The lowest BCUT2D eigenvalue weighted by Crippen LogP contribution is -2.22. The van der Waals surface area contributed by atoms with Gasteiger partial charge in [-0.05, 0) is 18.9 Å². The van der Waals surface area contributed by atoms with Crippen molar-refractivity contribution in [1.82, 2.24) is 14.9 Å². The molecule has 0 spiro atoms. The van der Waals surface area contributed by atoms with Crippen molar-refractivity contribution in [3.63, 3.8) is 0 Å². The first-order valence-electron chi connectivity index (χ1n) is 5.65. The van der Waals surface area contributed by atoms with Crippen molar-refractivity contribution in [3.8, 4) is 0 Å². The fourth-order valence-electron chi connectivity index (χ4n) is 1.68. The number of imidazole rings is 1. The molecular formula is C11H19F2N3. The van der Waals surface area contributed by atoms with Crippen LogP contribution in [-0.4, -0.2) is 16.1 Å². The molecule has 1 aromatic heterocycles. The van der Waals surface area contributed by atoms with E-state index in [0.717, 1.165) is 24.0 Å². The molecule has 0 bridgehead atoms. The maximum atomic E-state index is 12.5. The van der Waals surface area contributed by atoms with Crippen LogP contribution >= 0.6 is 0 Å². The first-order chi connectivity index (χ1) is 7.65. The van der Waals surface area contributed by atoms with E-state index in [0.29, 0.717) is 18.3 Å². The van der Waals surface area contributed by atoms with Crippen molar-refractivity contribution in [2.45, 2.75) is 39.8 Å². The van der Waals surface area contributed by atoms with E-state index in [1.54, 1.807) is 0 Å². The summed E-state index contributed by atoms with van der Waals surface area (Å²) in [6.45, 7) is 3.01. The van der Waals surface area contributed by atoms with Crippen molar-refractivity contribution in [2.75, 3.05) is 6.54 Å². The van der Waals surface area contributed by atoms with Crippen molar-refractivity contribution in [3.05, 3.63) is 18.2 Å². The molecule has 0 aromatic carbocycles. The van der Waals surface area contributed by atoms with Gasteiger partial charge in [0, 0.05) is 12.4 Å². The minimum atomic E-state index is -2.51. The molecule has 0 amide bonds. The Kier molecular flexibility index (Phi) is 5.38. The van der Waals surface area contributed by atoms with Crippen LogP contribution in [0.5, 0.6) is 0 Å². The minimum absolute atomic E-state index is 0.388. The highest BCUT2D eigenvalue weighted by Crippen LogP contribution is 2.12. The zero-order valence-electron chi connectivity index (χ0n) is 9.79. The second-order valence-corrected chi connectivity index (χ2v) is 4.05. The van der Waals surface area contributed by atoms with Gasteiger partial charge in [-0.3, -0.25) is 4.57 Å². The number of nitrogens with one attached hydrogen (secondary N) is 1. The third kappa shape index (κ3) is 3.89. The van der Waals surface area contributed by atoms with E-state index < -0.39 is 6.55 Å². The Balaban J connectivity index is 2.34. The molecule has 1 unspecified atom stereocenters. The fourth-order valence-corrected chi connectivity index (χ4v) is 1.68. The maximum Gasteiger partial charge on any atom is 0.319 e. The summed E-state index contributed by atoms with van der Waals surface area (Å²) >= 11 is 0. The number of aromatic nitrogens is 2. The van der Waals surface area contributed by atoms with Crippen LogP contribution in [0.1, 0.15) is 39.1 Å². The standard InChI is InChI=1S/C11H19F2N3/c1-3-4-9(2)7-14-8-10-15-5-6-16(10)11(12)13/h5-6,9,11,14H,3-4,7-8H2,1-2H3. The van der Waals surface area contributed by atoms with Gasteiger partial charge in [-0.1, -0.05) is 20.3 Å². The smallest absolute Gasteiger partial charge is 0.310 e. The van der Waals surface area contributed by atoms with E-state index in [9.17, 15) is 8.78 Å². The summed E-state index contributed by atoms with van der Waals surface area (Å²) in [7, 11) is 0. The largest absolute Gasteiger partial charge is 0.319 e. The molecule has 0 saturated carbocycles. The van der Waals surface area contributed by atoms with Gasteiger partial charge < -0.3 is 5.32 Å². The lowest BCUT2D eigenvalue weighted by molar-refractivity contribution is 0.0666. The summed E-state index contributed by atoms with van der Waals surface area (Å²) in [5.41, 5.74) is 0. The molecule has 1 rings (SSSR count). The zero-order valence-corrected chi connectivity index (χ0v) is 9.79. The molecular weight excluding hydrogens is 212 g/mol. The third-order valence-corrected chi connectivity index (χ3v) is 2.52. The molecule has 3 nitrogen and oxygen atoms in total. The van der Waals surface area contributed by atoms with E-state index >= 15 is 0 Å².